The molecule has 0 unspecified atom stereocenters. The second-order valence-electron chi connectivity index (χ2n) is 8.24. The third-order valence-electron chi connectivity index (χ3n) is 4.64. The van der Waals surface area contributed by atoms with Crippen molar-refractivity contribution >= 4 is 46.4 Å². The van der Waals surface area contributed by atoms with Crippen molar-refractivity contribution in [3.8, 4) is 5.75 Å². The van der Waals surface area contributed by atoms with E-state index in [-0.39, 0.29) is 23.4 Å². The number of halogens is 2. The molecule has 2 aromatic carbocycles. The maximum Gasteiger partial charge on any atom is 0.257 e. The van der Waals surface area contributed by atoms with E-state index in [1.165, 1.54) is 6.07 Å². The molecule has 0 aliphatic carbocycles. The topological polar surface area (TPSA) is 58.6 Å². The summed E-state index contributed by atoms with van der Waals surface area (Å²) in [6, 6.07) is 10.00. The molecule has 0 aromatic heterocycles. The Labute approximate surface area is 180 Å². The molecule has 0 spiro atoms. The lowest BCUT2D eigenvalue weighted by molar-refractivity contribution is -0.127. The Balaban J connectivity index is 1.91. The fourth-order valence-electron chi connectivity index (χ4n) is 3.14. The number of fused-ring (bicyclic) bond motifs is 1. The summed E-state index contributed by atoms with van der Waals surface area (Å²) in [6.07, 6.45) is 0. The second-order valence-corrected chi connectivity index (χ2v) is 9.09. The Bertz CT molecular complexity index is 957. The van der Waals surface area contributed by atoms with Gasteiger partial charge < -0.3 is 15.0 Å². The highest BCUT2D eigenvalue weighted by molar-refractivity contribution is 6.37. The van der Waals surface area contributed by atoms with Crippen LogP contribution in [0.25, 0.3) is 0 Å². The zero-order valence-electron chi connectivity index (χ0n) is 16.9. The summed E-state index contributed by atoms with van der Waals surface area (Å²) in [7, 11) is 0. The first-order valence-electron chi connectivity index (χ1n) is 9.44. The van der Waals surface area contributed by atoms with Gasteiger partial charge in [-0.1, -0.05) is 37.0 Å². The highest BCUT2D eigenvalue weighted by Crippen LogP contribution is 2.38. The molecule has 0 radical (unpaired) electrons. The minimum Gasteiger partial charge on any atom is -0.490 e. The molecule has 154 valence electrons. The van der Waals surface area contributed by atoms with E-state index in [4.69, 9.17) is 27.9 Å². The Morgan fingerprint density at radius 2 is 1.93 bits per heavy atom. The van der Waals surface area contributed by atoms with Crippen molar-refractivity contribution in [1.82, 2.24) is 0 Å². The molecular formula is C22H24Cl2N2O3. The summed E-state index contributed by atoms with van der Waals surface area (Å²) in [5.41, 5.74) is 0.937. The maximum atomic E-state index is 13.0. The number of nitrogens with zero attached hydrogens (tertiary/aromatic N) is 1. The minimum atomic E-state index is -0.645. The van der Waals surface area contributed by atoms with E-state index in [0.29, 0.717) is 40.2 Å². The number of nitrogens with one attached hydrogen (secondary N) is 1. The molecule has 7 heteroatoms. The molecule has 2 amide bonds. The van der Waals surface area contributed by atoms with Crippen LogP contribution in [0.1, 0.15) is 38.1 Å². The number of rotatable bonds is 4. The first-order valence-corrected chi connectivity index (χ1v) is 10.2. The van der Waals surface area contributed by atoms with Crippen molar-refractivity contribution in [1.29, 1.82) is 0 Å². The lowest BCUT2D eigenvalue weighted by atomic mass is 9.92. The van der Waals surface area contributed by atoms with Crippen LogP contribution >= 0.6 is 23.2 Å². The maximum absolute atomic E-state index is 13.0. The number of benzene rings is 2. The number of ether oxygens (including phenoxy) is 1. The van der Waals surface area contributed by atoms with Gasteiger partial charge in [0.15, 0.2) is 0 Å². The monoisotopic (exact) mass is 434 g/mol. The summed E-state index contributed by atoms with van der Waals surface area (Å²) in [6.45, 7) is 8.73. The SMILES string of the molecule is CC(C)CN1C(=O)C(C)(C)COc2cc(NC(=O)c3ccc(Cl)cc3Cl)ccc21. The molecule has 0 atom stereocenters. The van der Waals surface area contributed by atoms with Gasteiger partial charge in [0.25, 0.3) is 5.91 Å². The van der Waals surface area contributed by atoms with Gasteiger partial charge in [0, 0.05) is 23.3 Å². The molecule has 1 aliphatic rings. The average Bonchev–Trinajstić information content (AvgIpc) is 2.71. The molecule has 0 saturated carbocycles. The van der Waals surface area contributed by atoms with Gasteiger partial charge in [-0.2, -0.15) is 0 Å². The molecule has 0 fully saturated rings. The van der Waals surface area contributed by atoms with Crippen molar-refractivity contribution in [3.05, 3.63) is 52.0 Å². The van der Waals surface area contributed by atoms with E-state index in [0.717, 1.165) is 0 Å². The zero-order chi connectivity index (χ0) is 21.3. The van der Waals surface area contributed by atoms with Gasteiger partial charge in [-0.05, 0) is 50.1 Å². The van der Waals surface area contributed by atoms with Gasteiger partial charge in [-0.3, -0.25) is 9.59 Å². The highest BCUT2D eigenvalue weighted by Gasteiger charge is 2.38. The molecule has 1 heterocycles. The quantitative estimate of drug-likeness (QED) is 0.675. The van der Waals surface area contributed by atoms with Crippen LogP contribution in [0, 0.1) is 11.3 Å². The Morgan fingerprint density at radius 1 is 1.21 bits per heavy atom. The van der Waals surface area contributed by atoms with Gasteiger partial charge in [0.2, 0.25) is 5.91 Å². The number of anilines is 2. The van der Waals surface area contributed by atoms with Gasteiger partial charge in [0.1, 0.15) is 12.4 Å². The van der Waals surface area contributed by atoms with Gasteiger partial charge in [-0.25, -0.2) is 0 Å². The minimum absolute atomic E-state index is 0.0229. The first kappa shape index (κ1) is 21.5. The standard InChI is InChI=1S/C22H24Cl2N2O3/c1-13(2)11-26-18-8-6-15(10-19(18)29-12-22(3,4)21(26)28)25-20(27)16-7-5-14(23)9-17(16)24/h5-10,13H,11-12H2,1-4H3,(H,25,27). The molecule has 2 aromatic rings. The largest absolute Gasteiger partial charge is 0.490 e. The van der Waals surface area contributed by atoms with Crippen molar-refractivity contribution in [2.24, 2.45) is 11.3 Å². The van der Waals surface area contributed by atoms with E-state index in [1.807, 2.05) is 13.8 Å². The molecule has 1 N–H and O–H groups in total. The van der Waals surface area contributed by atoms with Crippen molar-refractivity contribution in [2.45, 2.75) is 27.7 Å². The van der Waals surface area contributed by atoms with Crippen LogP contribution in [0.4, 0.5) is 11.4 Å². The van der Waals surface area contributed by atoms with Gasteiger partial charge in [-0.15, -0.1) is 0 Å². The number of carbonyl (C=O) groups excluding carboxylic acids is 2. The van der Waals surface area contributed by atoms with Crippen LogP contribution in [-0.2, 0) is 4.79 Å². The van der Waals surface area contributed by atoms with Crippen LogP contribution in [-0.4, -0.2) is 25.0 Å². The summed E-state index contributed by atoms with van der Waals surface area (Å²) in [5, 5.41) is 3.56. The lowest BCUT2D eigenvalue weighted by Crippen LogP contribution is -2.43. The Morgan fingerprint density at radius 3 is 2.59 bits per heavy atom. The summed E-state index contributed by atoms with van der Waals surface area (Å²) in [5.74, 6) is 0.530. The first-order chi connectivity index (χ1) is 13.6. The molecule has 3 rings (SSSR count). The number of hydrogen-bond donors (Lipinski definition) is 1. The average molecular weight is 435 g/mol. The molecular weight excluding hydrogens is 411 g/mol. The highest BCUT2D eigenvalue weighted by atomic mass is 35.5. The zero-order valence-corrected chi connectivity index (χ0v) is 18.4. The number of carbonyl (C=O) groups is 2. The predicted molar refractivity (Wildman–Crippen MR) is 117 cm³/mol. The lowest BCUT2D eigenvalue weighted by Gasteiger charge is -2.29. The van der Waals surface area contributed by atoms with Crippen LogP contribution < -0.4 is 15.0 Å². The molecule has 5 nitrogen and oxygen atoms in total. The van der Waals surface area contributed by atoms with Gasteiger partial charge >= 0.3 is 0 Å². The fourth-order valence-corrected chi connectivity index (χ4v) is 3.64. The summed E-state index contributed by atoms with van der Waals surface area (Å²) < 4.78 is 5.96. The second kappa shape index (κ2) is 8.25. The predicted octanol–water partition coefficient (Wildman–Crippen LogP) is 5.65. The number of amides is 2. The van der Waals surface area contributed by atoms with Crippen molar-refractivity contribution in [3.63, 3.8) is 0 Å². The Kier molecular flexibility index (Phi) is 6.11. The molecule has 29 heavy (non-hydrogen) atoms. The molecule has 0 saturated heterocycles. The van der Waals surface area contributed by atoms with Crippen molar-refractivity contribution < 1.29 is 14.3 Å². The van der Waals surface area contributed by atoms with Crippen LogP contribution in [0.5, 0.6) is 5.75 Å². The van der Waals surface area contributed by atoms with Crippen LogP contribution in [0.3, 0.4) is 0 Å². The van der Waals surface area contributed by atoms with E-state index in [2.05, 4.69) is 19.2 Å². The summed E-state index contributed by atoms with van der Waals surface area (Å²) in [4.78, 5) is 27.4. The molecule has 1 aliphatic heterocycles. The van der Waals surface area contributed by atoms with E-state index >= 15 is 0 Å². The normalized spacial score (nSPS) is 15.6. The van der Waals surface area contributed by atoms with Crippen LogP contribution in [0.15, 0.2) is 36.4 Å². The third kappa shape index (κ3) is 4.68. The fraction of sp³-hybridized carbons (Fsp3) is 0.364. The molecule has 0 bridgehead atoms. The van der Waals surface area contributed by atoms with Crippen LogP contribution in [0.2, 0.25) is 10.0 Å². The Hall–Kier alpha value is -2.24. The number of hydrogen-bond acceptors (Lipinski definition) is 3. The van der Waals surface area contributed by atoms with Crippen molar-refractivity contribution in [2.75, 3.05) is 23.4 Å². The summed E-state index contributed by atoms with van der Waals surface area (Å²) >= 11 is 12.0. The van der Waals surface area contributed by atoms with E-state index in [9.17, 15) is 9.59 Å². The third-order valence-corrected chi connectivity index (χ3v) is 5.19. The van der Waals surface area contributed by atoms with Gasteiger partial charge in [0.05, 0.1) is 21.7 Å². The van der Waals surface area contributed by atoms with E-state index < -0.39 is 5.41 Å². The smallest absolute Gasteiger partial charge is 0.257 e. The van der Waals surface area contributed by atoms with E-state index in [1.54, 1.807) is 35.2 Å².